The second-order valence-corrected chi connectivity index (χ2v) is 6.66. The Labute approximate surface area is 146 Å². The number of amides is 1. The van der Waals surface area contributed by atoms with Crippen LogP contribution in [0.25, 0.3) is 0 Å². The fourth-order valence-corrected chi connectivity index (χ4v) is 2.55. The van der Waals surface area contributed by atoms with Crippen LogP contribution in [0.15, 0.2) is 53.0 Å². The van der Waals surface area contributed by atoms with Gasteiger partial charge in [-0.25, -0.2) is 0 Å². The molecule has 122 valence electrons. The van der Waals surface area contributed by atoms with Gasteiger partial charge in [-0.1, -0.05) is 60.1 Å². The van der Waals surface area contributed by atoms with Gasteiger partial charge >= 0.3 is 0 Å². The molecule has 2 aromatic rings. The van der Waals surface area contributed by atoms with Crippen LogP contribution in [0.1, 0.15) is 30.9 Å². The highest BCUT2D eigenvalue weighted by Gasteiger charge is 2.03. The topological polar surface area (TPSA) is 38.3 Å². The van der Waals surface area contributed by atoms with E-state index in [-0.39, 0.29) is 12.5 Å². The Kier molecular flexibility index (Phi) is 6.66. The van der Waals surface area contributed by atoms with Gasteiger partial charge in [0.15, 0.2) is 6.61 Å². The highest BCUT2D eigenvalue weighted by molar-refractivity contribution is 9.10. The van der Waals surface area contributed by atoms with E-state index in [0.29, 0.717) is 18.2 Å². The summed E-state index contributed by atoms with van der Waals surface area (Å²) in [4.78, 5) is 11.8. The molecule has 0 saturated carbocycles. The zero-order chi connectivity index (χ0) is 16.7. The Morgan fingerprint density at radius 1 is 1.17 bits per heavy atom. The molecule has 0 aromatic heterocycles. The van der Waals surface area contributed by atoms with E-state index in [2.05, 4.69) is 59.4 Å². The van der Waals surface area contributed by atoms with Gasteiger partial charge in [-0.2, -0.15) is 0 Å². The Hall–Kier alpha value is -1.81. The van der Waals surface area contributed by atoms with Crippen LogP contribution in [-0.2, 0) is 11.2 Å². The van der Waals surface area contributed by atoms with Crippen molar-refractivity contribution in [2.75, 3.05) is 13.2 Å². The molecule has 4 heteroatoms. The van der Waals surface area contributed by atoms with Crippen LogP contribution in [0.2, 0.25) is 0 Å². The number of carbonyl (C=O) groups excluding carboxylic acids is 1. The minimum Gasteiger partial charge on any atom is -0.484 e. The molecular formula is C19H22BrNO2. The maximum absolute atomic E-state index is 11.8. The molecule has 0 atom stereocenters. The summed E-state index contributed by atoms with van der Waals surface area (Å²) >= 11 is 3.37. The predicted octanol–water partition coefficient (Wildman–Crippen LogP) is 4.31. The molecule has 0 heterocycles. The third-order valence-electron chi connectivity index (χ3n) is 3.55. The van der Waals surface area contributed by atoms with Crippen molar-refractivity contribution in [2.24, 2.45) is 0 Å². The Bertz CT molecular complexity index is 638. The Balaban J connectivity index is 1.70. The van der Waals surface area contributed by atoms with Gasteiger partial charge in [-0.05, 0) is 41.7 Å². The van der Waals surface area contributed by atoms with Gasteiger partial charge in [0.05, 0.1) is 0 Å². The SMILES string of the molecule is CC(C)c1ccc(CCNC(=O)COc2cccc(Br)c2)cc1. The van der Waals surface area contributed by atoms with Crippen LogP contribution in [0.4, 0.5) is 0 Å². The highest BCUT2D eigenvalue weighted by atomic mass is 79.9. The van der Waals surface area contributed by atoms with Crippen molar-refractivity contribution in [3.8, 4) is 5.75 Å². The van der Waals surface area contributed by atoms with Gasteiger partial charge < -0.3 is 10.1 Å². The first kappa shape index (κ1) is 17.5. The number of hydrogen-bond acceptors (Lipinski definition) is 2. The second-order valence-electron chi connectivity index (χ2n) is 5.74. The highest BCUT2D eigenvalue weighted by Crippen LogP contribution is 2.17. The van der Waals surface area contributed by atoms with Crippen molar-refractivity contribution in [1.29, 1.82) is 0 Å². The molecule has 0 bridgehead atoms. The normalized spacial score (nSPS) is 10.6. The van der Waals surface area contributed by atoms with Gasteiger partial charge in [0.2, 0.25) is 0 Å². The van der Waals surface area contributed by atoms with Crippen molar-refractivity contribution in [1.82, 2.24) is 5.32 Å². The molecule has 2 aromatic carbocycles. The molecule has 0 aliphatic heterocycles. The van der Waals surface area contributed by atoms with Gasteiger partial charge in [0.25, 0.3) is 5.91 Å². The average molecular weight is 376 g/mol. The molecule has 23 heavy (non-hydrogen) atoms. The summed E-state index contributed by atoms with van der Waals surface area (Å²) in [6, 6.07) is 16.0. The number of hydrogen-bond donors (Lipinski definition) is 1. The third-order valence-corrected chi connectivity index (χ3v) is 4.04. The summed E-state index contributed by atoms with van der Waals surface area (Å²) in [5.41, 5.74) is 2.56. The number of nitrogens with one attached hydrogen (secondary N) is 1. The van der Waals surface area contributed by atoms with E-state index in [1.54, 1.807) is 0 Å². The largest absolute Gasteiger partial charge is 0.484 e. The van der Waals surface area contributed by atoms with E-state index in [4.69, 9.17) is 4.74 Å². The molecule has 0 radical (unpaired) electrons. The maximum atomic E-state index is 11.8. The first-order chi connectivity index (χ1) is 11.0. The van der Waals surface area contributed by atoms with Gasteiger partial charge in [0.1, 0.15) is 5.75 Å². The van der Waals surface area contributed by atoms with E-state index in [1.165, 1.54) is 11.1 Å². The average Bonchev–Trinajstić information content (AvgIpc) is 2.53. The number of carbonyl (C=O) groups is 1. The van der Waals surface area contributed by atoms with Gasteiger partial charge in [0, 0.05) is 11.0 Å². The molecule has 0 fully saturated rings. The van der Waals surface area contributed by atoms with E-state index in [1.807, 2.05) is 24.3 Å². The first-order valence-electron chi connectivity index (χ1n) is 7.78. The van der Waals surface area contributed by atoms with Crippen LogP contribution >= 0.6 is 15.9 Å². The fraction of sp³-hybridized carbons (Fsp3) is 0.316. The molecule has 0 aliphatic carbocycles. The molecule has 2 rings (SSSR count). The van der Waals surface area contributed by atoms with Crippen molar-refractivity contribution in [3.63, 3.8) is 0 Å². The molecule has 0 saturated heterocycles. The Morgan fingerprint density at radius 3 is 2.57 bits per heavy atom. The van der Waals surface area contributed by atoms with Crippen LogP contribution in [0.3, 0.4) is 0 Å². The minimum atomic E-state index is -0.108. The van der Waals surface area contributed by atoms with Crippen LogP contribution in [0.5, 0.6) is 5.75 Å². The molecule has 0 unspecified atom stereocenters. The first-order valence-corrected chi connectivity index (χ1v) is 8.58. The lowest BCUT2D eigenvalue weighted by molar-refractivity contribution is -0.123. The fourth-order valence-electron chi connectivity index (χ4n) is 2.17. The molecule has 0 aliphatic rings. The summed E-state index contributed by atoms with van der Waals surface area (Å²) in [6.45, 7) is 5.01. The smallest absolute Gasteiger partial charge is 0.257 e. The van der Waals surface area contributed by atoms with Crippen LogP contribution in [0, 0.1) is 0 Å². The molecule has 1 amide bonds. The van der Waals surface area contributed by atoms with E-state index < -0.39 is 0 Å². The third kappa shape index (κ3) is 6.06. The van der Waals surface area contributed by atoms with E-state index in [0.717, 1.165) is 10.9 Å². The van der Waals surface area contributed by atoms with Crippen molar-refractivity contribution < 1.29 is 9.53 Å². The lowest BCUT2D eigenvalue weighted by Crippen LogP contribution is -2.30. The standard InChI is InChI=1S/C19H22BrNO2/c1-14(2)16-8-6-15(7-9-16)10-11-21-19(22)13-23-18-5-3-4-17(20)12-18/h3-9,12,14H,10-11,13H2,1-2H3,(H,21,22). The number of benzene rings is 2. The van der Waals surface area contributed by atoms with Gasteiger partial charge in [-0.3, -0.25) is 4.79 Å². The number of halogens is 1. The summed E-state index contributed by atoms with van der Waals surface area (Å²) < 4.78 is 6.38. The minimum absolute atomic E-state index is 0.0305. The molecular weight excluding hydrogens is 354 g/mol. The van der Waals surface area contributed by atoms with E-state index in [9.17, 15) is 4.79 Å². The lowest BCUT2D eigenvalue weighted by Gasteiger charge is -2.09. The number of rotatable bonds is 7. The monoisotopic (exact) mass is 375 g/mol. The van der Waals surface area contributed by atoms with Gasteiger partial charge in [-0.15, -0.1) is 0 Å². The van der Waals surface area contributed by atoms with E-state index >= 15 is 0 Å². The summed E-state index contributed by atoms with van der Waals surface area (Å²) in [6.07, 6.45) is 0.820. The van der Waals surface area contributed by atoms with Crippen molar-refractivity contribution in [3.05, 3.63) is 64.1 Å². The molecule has 0 spiro atoms. The van der Waals surface area contributed by atoms with Crippen molar-refractivity contribution in [2.45, 2.75) is 26.2 Å². The summed E-state index contributed by atoms with van der Waals surface area (Å²) in [5.74, 6) is 1.11. The summed E-state index contributed by atoms with van der Waals surface area (Å²) in [7, 11) is 0. The van der Waals surface area contributed by atoms with Crippen molar-refractivity contribution >= 4 is 21.8 Å². The van der Waals surface area contributed by atoms with Crippen LogP contribution in [-0.4, -0.2) is 19.1 Å². The summed E-state index contributed by atoms with van der Waals surface area (Å²) in [5, 5.41) is 2.88. The second kappa shape index (κ2) is 8.73. The Morgan fingerprint density at radius 2 is 1.91 bits per heavy atom. The zero-order valence-corrected chi connectivity index (χ0v) is 15.1. The lowest BCUT2D eigenvalue weighted by atomic mass is 10.0. The molecule has 1 N–H and O–H groups in total. The number of ether oxygens (including phenoxy) is 1. The maximum Gasteiger partial charge on any atom is 0.257 e. The quantitative estimate of drug-likeness (QED) is 0.782. The molecule has 3 nitrogen and oxygen atoms in total. The van der Waals surface area contributed by atoms with Crippen LogP contribution < -0.4 is 10.1 Å². The predicted molar refractivity (Wildman–Crippen MR) is 96.9 cm³/mol. The zero-order valence-electron chi connectivity index (χ0n) is 13.5.